The van der Waals surface area contributed by atoms with Crippen LogP contribution in [0.15, 0.2) is 58.8 Å². The maximum absolute atomic E-state index is 12.4. The molecule has 1 heterocycles. The molecule has 7 heteroatoms. The van der Waals surface area contributed by atoms with Crippen LogP contribution in [0.5, 0.6) is 0 Å². The highest BCUT2D eigenvalue weighted by atomic mass is 32.2. The second kappa shape index (κ2) is 6.78. The van der Waals surface area contributed by atoms with E-state index in [-0.39, 0.29) is 10.8 Å². The van der Waals surface area contributed by atoms with Crippen molar-refractivity contribution in [2.45, 2.75) is 11.8 Å². The Bertz CT molecular complexity index is 1020. The summed E-state index contributed by atoms with van der Waals surface area (Å²) in [6.07, 6.45) is 1.13. The molecule has 0 saturated carbocycles. The Morgan fingerprint density at radius 3 is 2.44 bits per heavy atom. The van der Waals surface area contributed by atoms with Crippen LogP contribution in [0.3, 0.4) is 0 Å². The predicted octanol–water partition coefficient (Wildman–Crippen LogP) is 3.77. The Morgan fingerprint density at radius 1 is 1.12 bits per heavy atom. The number of hydrogen-bond donors (Lipinski definition) is 1. The van der Waals surface area contributed by atoms with Gasteiger partial charge in [-0.2, -0.15) is 0 Å². The zero-order valence-corrected chi connectivity index (χ0v) is 15.3. The van der Waals surface area contributed by atoms with Crippen LogP contribution in [-0.2, 0) is 9.84 Å². The minimum Gasteiger partial charge on any atom is -0.322 e. The average Bonchev–Trinajstić information content (AvgIpc) is 3.01. The molecule has 0 aliphatic carbocycles. The quantitative estimate of drug-likeness (QED) is 0.756. The van der Waals surface area contributed by atoms with Crippen molar-refractivity contribution in [1.82, 2.24) is 4.98 Å². The van der Waals surface area contributed by atoms with Gasteiger partial charge in [-0.1, -0.05) is 12.1 Å². The van der Waals surface area contributed by atoms with Crippen molar-refractivity contribution in [3.8, 4) is 11.3 Å². The molecule has 1 N–H and O–H groups in total. The summed E-state index contributed by atoms with van der Waals surface area (Å²) in [6.45, 7) is 1.94. The monoisotopic (exact) mass is 372 g/mol. The van der Waals surface area contributed by atoms with Gasteiger partial charge in [-0.05, 0) is 43.3 Å². The van der Waals surface area contributed by atoms with Crippen LogP contribution < -0.4 is 5.32 Å². The highest BCUT2D eigenvalue weighted by Gasteiger charge is 2.11. The number of rotatable bonds is 4. The molecule has 0 spiro atoms. The van der Waals surface area contributed by atoms with Crippen LogP contribution in [0.2, 0.25) is 0 Å². The molecular formula is C18H16N2O3S2. The molecule has 128 valence electrons. The number of anilines is 1. The number of amides is 1. The largest absolute Gasteiger partial charge is 0.322 e. The summed E-state index contributed by atoms with van der Waals surface area (Å²) in [4.78, 5) is 17.0. The molecule has 0 atom stereocenters. The number of aryl methyl sites for hydroxylation is 1. The molecule has 1 amide bonds. The number of hydrogen-bond acceptors (Lipinski definition) is 5. The van der Waals surface area contributed by atoms with E-state index in [9.17, 15) is 13.2 Å². The zero-order chi connectivity index (χ0) is 18.0. The number of thiazole rings is 1. The summed E-state index contributed by atoms with van der Waals surface area (Å²) >= 11 is 1.57. The Balaban J connectivity index is 1.79. The van der Waals surface area contributed by atoms with Crippen molar-refractivity contribution in [2.24, 2.45) is 0 Å². The van der Waals surface area contributed by atoms with Crippen molar-refractivity contribution in [1.29, 1.82) is 0 Å². The average molecular weight is 372 g/mol. The molecule has 25 heavy (non-hydrogen) atoms. The SMILES string of the molecule is Cc1nc(-c2cccc(NC(=O)c3ccc(S(C)(=O)=O)cc3)c2)cs1. The lowest BCUT2D eigenvalue weighted by Crippen LogP contribution is -2.12. The summed E-state index contributed by atoms with van der Waals surface area (Å²) in [6, 6.07) is 13.3. The third-order valence-corrected chi connectivity index (χ3v) is 5.48. The molecule has 2 aromatic carbocycles. The van der Waals surface area contributed by atoms with Crippen molar-refractivity contribution in [3.63, 3.8) is 0 Å². The highest BCUT2D eigenvalue weighted by molar-refractivity contribution is 7.90. The minimum absolute atomic E-state index is 0.185. The number of aromatic nitrogens is 1. The van der Waals surface area contributed by atoms with Gasteiger partial charge in [0.05, 0.1) is 15.6 Å². The summed E-state index contributed by atoms with van der Waals surface area (Å²) in [5.41, 5.74) is 2.84. The Labute approximate surface area is 150 Å². The maximum Gasteiger partial charge on any atom is 0.255 e. The number of benzene rings is 2. The third kappa shape index (κ3) is 4.12. The fourth-order valence-corrected chi connectivity index (χ4v) is 3.56. The lowest BCUT2D eigenvalue weighted by atomic mass is 10.1. The van der Waals surface area contributed by atoms with E-state index in [1.54, 1.807) is 17.4 Å². The van der Waals surface area contributed by atoms with Gasteiger partial charge in [0, 0.05) is 28.5 Å². The first-order valence-electron chi connectivity index (χ1n) is 7.47. The van der Waals surface area contributed by atoms with Gasteiger partial charge in [0.1, 0.15) is 0 Å². The minimum atomic E-state index is -3.28. The van der Waals surface area contributed by atoms with Crippen LogP contribution in [0.1, 0.15) is 15.4 Å². The topological polar surface area (TPSA) is 76.1 Å². The lowest BCUT2D eigenvalue weighted by Gasteiger charge is -2.07. The van der Waals surface area contributed by atoms with Gasteiger partial charge < -0.3 is 5.32 Å². The fourth-order valence-electron chi connectivity index (χ4n) is 2.31. The molecule has 3 rings (SSSR count). The summed E-state index contributed by atoms with van der Waals surface area (Å²) in [5, 5.41) is 5.77. The molecule has 0 fully saturated rings. The number of carbonyl (C=O) groups is 1. The van der Waals surface area contributed by atoms with E-state index in [1.807, 2.05) is 30.5 Å². The normalized spacial score (nSPS) is 11.3. The summed E-state index contributed by atoms with van der Waals surface area (Å²) in [7, 11) is -3.28. The number of sulfone groups is 1. The first kappa shape index (κ1) is 17.3. The molecule has 0 aliphatic heterocycles. The van der Waals surface area contributed by atoms with E-state index in [4.69, 9.17) is 0 Å². The van der Waals surface area contributed by atoms with Crippen molar-refractivity contribution < 1.29 is 13.2 Å². The zero-order valence-electron chi connectivity index (χ0n) is 13.7. The van der Waals surface area contributed by atoms with Crippen molar-refractivity contribution in [2.75, 3.05) is 11.6 Å². The van der Waals surface area contributed by atoms with Crippen molar-refractivity contribution in [3.05, 3.63) is 64.5 Å². The van der Waals surface area contributed by atoms with E-state index < -0.39 is 9.84 Å². The molecule has 3 aromatic rings. The Morgan fingerprint density at radius 2 is 1.84 bits per heavy atom. The van der Waals surface area contributed by atoms with Crippen LogP contribution in [0, 0.1) is 6.92 Å². The van der Waals surface area contributed by atoms with Gasteiger partial charge in [0.25, 0.3) is 5.91 Å². The second-order valence-electron chi connectivity index (χ2n) is 5.58. The first-order valence-corrected chi connectivity index (χ1v) is 10.2. The van der Waals surface area contributed by atoms with E-state index in [1.165, 1.54) is 24.3 Å². The Kier molecular flexibility index (Phi) is 4.69. The molecule has 0 radical (unpaired) electrons. The van der Waals surface area contributed by atoms with Gasteiger partial charge in [-0.25, -0.2) is 13.4 Å². The fraction of sp³-hybridized carbons (Fsp3) is 0.111. The summed E-state index contributed by atoms with van der Waals surface area (Å²) < 4.78 is 22.9. The molecule has 0 bridgehead atoms. The maximum atomic E-state index is 12.4. The number of carbonyl (C=O) groups excluding carboxylic acids is 1. The summed E-state index contributed by atoms with van der Waals surface area (Å²) in [5.74, 6) is -0.299. The van der Waals surface area contributed by atoms with Gasteiger partial charge in [-0.3, -0.25) is 4.79 Å². The van der Waals surface area contributed by atoms with Gasteiger partial charge in [-0.15, -0.1) is 11.3 Å². The molecule has 0 unspecified atom stereocenters. The van der Waals surface area contributed by atoms with Gasteiger partial charge in [0.15, 0.2) is 9.84 Å². The van der Waals surface area contributed by atoms with E-state index >= 15 is 0 Å². The molecule has 5 nitrogen and oxygen atoms in total. The van der Waals surface area contributed by atoms with E-state index in [0.717, 1.165) is 22.5 Å². The van der Waals surface area contributed by atoms with Crippen LogP contribution in [0.4, 0.5) is 5.69 Å². The van der Waals surface area contributed by atoms with E-state index in [2.05, 4.69) is 10.3 Å². The van der Waals surface area contributed by atoms with Gasteiger partial charge >= 0.3 is 0 Å². The smallest absolute Gasteiger partial charge is 0.255 e. The molecule has 1 aromatic heterocycles. The van der Waals surface area contributed by atoms with Crippen LogP contribution in [0.25, 0.3) is 11.3 Å². The van der Waals surface area contributed by atoms with Crippen molar-refractivity contribution >= 4 is 32.8 Å². The molecule has 0 saturated heterocycles. The highest BCUT2D eigenvalue weighted by Crippen LogP contribution is 2.24. The predicted molar refractivity (Wildman–Crippen MR) is 99.8 cm³/mol. The standard InChI is InChI=1S/C18H16N2O3S2/c1-12-19-17(11-24-12)14-4-3-5-15(10-14)20-18(21)13-6-8-16(9-7-13)25(2,22)23/h3-11H,1-2H3,(H,20,21). The number of nitrogens with one attached hydrogen (secondary N) is 1. The van der Waals surface area contributed by atoms with Crippen LogP contribution >= 0.6 is 11.3 Å². The lowest BCUT2D eigenvalue weighted by molar-refractivity contribution is 0.102. The van der Waals surface area contributed by atoms with E-state index in [0.29, 0.717) is 11.3 Å². The second-order valence-corrected chi connectivity index (χ2v) is 8.66. The van der Waals surface area contributed by atoms with Gasteiger partial charge in [0.2, 0.25) is 0 Å². The Hall–Kier alpha value is -2.51. The first-order chi connectivity index (χ1) is 11.8. The molecule has 0 aliphatic rings. The third-order valence-electron chi connectivity index (χ3n) is 3.58. The molecular weight excluding hydrogens is 356 g/mol. The van der Waals surface area contributed by atoms with Crippen LogP contribution in [-0.4, -0.2) is 25.6 Å². The number of nitrogens with zero attached hydrogens (tertiary/aromatic N) is 1.